The molecule has 1 heterocycles. The summed E-state index contributed by atoms with van der Waals surface area (Å²) in [6, 6.07) is 8.14. The monoisotopic (exact) mass is 234 g/mol. The van der Waals surface area contributed by atoms with Crippen molar-refractivity contribution in [1.82, 2.24) is 0 Å². The van der Waals surface area contributed by atoms with Gasteiger partial charge in [-0.25, -0.2) is 0 Å². The summed E-state index contributed by atoms with van der Waals surface area (Å²) in [5, 5.41) is 0. The first kappa shape index (κ1) is 12.2. The molecule has 17 heavy (non-hydrogen) atoms. The van der Waals surface area contributed by atoms with E-state index < -0.39 is 0 Å². The van der Waals surface area contributed by atoms with Gasteiger partial charge in [0.15, 0.2) is 0 Å². The Morgan fingerprint density at radius 3 is 2.65 bits per heavy atom. The second-order valence-electron chi connectivity index (χ2n) is 4.89. The van der Waals surface area contributed by atoms with Gasteiger partial charge in [0, 0.05) is 37.0 Å². The summed E-state index contributed by atoms with van der Waals surface area (Å²) in [5.74, 6) is 1.34. The minimum atomic E-state index is 0.646. The van der Waals surface area contributed by atoms with Gasteiger partial charge >= 0.3 is 0 Å². The van der Waals surface area contributed by atoms with Crippen molar-refractivity contribution < 1.29 is 4.74 Å². The van der Waals surface area contributed by atoms with Gasteiger partial charge in [-0.15, -0.1) is 0 Å². The van der Waals surface area contributed by atoms with Crippen LogP contribution in [0, 0.1) is 11.8 Å². The van der Waals surface area contributed by atoms with Gasteiger partial charge in [-0.2, -0.15) is 0 Å². The molecule has 1 aromatic carbocycles. The molecule has 1 saturated heterocycles. The van der Waals surface area contributed by atoms with Gasteiger partial charge < -0.3 is 15.4 Å². The van der Waals surface area contributed by atoms with Gasteiger partial charge in [-0.1, -0.05) is 6.92 Å². The normalized spacial score (nSPS) is 24.2. The summed E-state index contributed by atoms with van der Waals surface area (Å²) >= 11 is 0. The molecule has 1 aromatic rings. The van der Waals surface area contributed by atoms with Crippen LogP contribution < -0.4 is 10.6 Å². The summed E-state index contributed by atoms with van der Waals surface area (Å²) in [6.07, 6.45) is 0. The minimum absolute atomic E-state index is 0.646. The molecular weight excluding hydrogens is 212 g/mol. The van der Waals surface area contributed by atoms with Gasteiger partial charge in [-0.3, -0.25) is 0 Å². The van der Waals surface area contributed by atoms with Gasteiger partial charge in [-0.05, 0) is 37.1 Å². The third-order valence-corrected chi connectivity index (χ3v) is 3.56. The number of nitrogens with two attached hydrogens (primary N) is 1. The first-order valence-corrected chi connectivity index (χ1v) is 6.39. The van der Waals surface area contributed by atoms with Crippen molar-refractivity contribution in [2.45, 2.75) is 13.8 Å². The van der Waals surface area contributed by atoms with Crippen molar-refractivity contribution in [1.29, 1.82) is 0 Å². The van der Waals surface area contributed by atoms with E-state index in [1.807, 2.05) is 12.1 Å². The predicted molar refractivity (Wildman–Crippen MR) is 72.2 cm³/mol. The Hall–Kier alpha value is -1.22. The SMILES string of the molecule is CCOC[C@H]1CN(c2ccc(N)cc2)C[C@@H]1C. The van der Waals surface area contributed by atoms with Crippen LogP contribution in [0.2, 0.25) is 0 Å². The minimum Gasteiger partial charge on any atom is -0.399 e. The number of rotatable bonds is 4. The molecule has 2 rings (SSSR count). The molecule has 3 heteroatoms. The topological polar surface area (TPSA) is 38.5 Å². The van der Waals surface area contributed by atoms with E-state index in [1.165, 1.54) is 5.69 Å². The maximum Gasteiger partial charge on any atom is 0.0514 e. The summed E-state index contributed by atoms with van der Waals surface area (Å²) < 4.78 is 5.54. The Bertz CT molecular complexity index is 350. The van der Waals surface area contributed by atoms with Crippen LogP contribution in [0.15, 0.2) is 24.3 Å². The predicted octanol–water partition coefficient (Wildman–Crippen LogP) is 2.38. The van der Waals surface area contributed by atoms with Crippen LogP contribution >= 0.6 is 0 Å². The van der Waals surface area contributed by atoms with Crippen molar-refractivity contribution in [3.05, 3.63) is 24.3 Å². The highest BCUT2D eigenvalue weighted by molar-refractivity contribution is 5.53. The zero-order chi connectivity index (χ0) is 12.3. The summed E-state index contributed by atoms with van der Waals surface area (Å²) in [7, 11) is 0. The second kappa shape index (κ2) is 5.41. The molecule has 0 saturated carbocycles. The molecule has 3 nitrogen and oxygen atoms in total. The average molecular weight is 234 g/mol. The van der Waals surface area contributed by atoms with Crippen LogP contribution in [-0.2, 0) is 4.74 Å². The Morgan fingerprint density at radius 1 is 1.29 bits per heavy atom. The van der Waals surface area contributed by atoms with Gasteiger partial charge in [0.1, 0.15) is 0 Å². The lowest BCUT2D eigenvalue weighted by atomic mass is 9.99. The Kier molecular flexibility index (Phi) is 3.89. The summed E-state index contributed by atoms with van der Waals surface area (Å²) in [4.78, 5) is 2.42. The van der Waals surface area contributed by atoms with E-state index in [-0.39, 0.29) is 0 Å². The molecule has 1 aliphatic heterocycles. The van der Waals surface area contributed by atoms with Gasteiger partial charge in [0.2, 0.25) is 0 Å². The zero-order valence-corrected chi connectivity index (χ0v) is 10.7. The van der Waals surface area contributed by atoms with E-state index in [9.17, 15) is 0 Å². The molecule has 0 unspecified atom stereocenters. The lowest BCUT2D eigenvalue weighted by Crippen LogP contribution is -2.21. The van der Waals surface area contributed by atoms with Crippen LogP contribution in [0.25, 0.3) is 0 Å². The molecule has 0 spiro atoms. The standard InChI is InChI=1S/C14H22N2O/c1-3-17-10-12-9-16(8-11(12)2)14-6-4-13(15)5-7-14/h4-7,11-12H,3,8-10,15H2,1-2H3/t11-,12+/m0/s1. The van der Waals surface area contributed by atoms with Crippen LogP contribution in [0.4, 0.5) is 11.4 Å². The fourth-order valence-electron chi connectivity index (χ4n) is 2.42. The van der Waals surface area contributed by atoms with Crippen LogP contribution in [-0.4, -0.2) is 26.3 Å². The molecule has 1 fully saturated rings. The van der Waals surface area contributed by atoms with Gasteiger partial charge in [0.05, 0.1) is 6.61 Å². The Morgan fingerprint density at radius 2 is 2.00 bits per heavy atom. The summed E-state index contributed by atoms with van der Waals surface area (Å²) in [5.41, 5.74) is 7.80. The molecule has 0 bridgehead atoms. The molecule has 2 N–H and O–H groups in total. The Balaban J connectivity index is 1.98. The van der Waals surface area contributed by atoms with Crippen molar-refractivity contribution >= 4 is 11.4 Å². The Labute approximate surface area is 104 Å². The molecule has 94 valence electrons. The van der Waals surface area contributed by atoms with Crippen molar-refractivity contribution in [3.63, 3.8) is 0 Å². The number of benzene rings is 1. The largest absolute Gasteiger partial charge is 0.399 e. The molecule has 1 aliphatic rings. The lowest BCUT2D eigenvalue weighted by Gasteiger charge is -2.18. The molecule has 0 radical (unpaired) electrons. The molecule has 0 aromatic heterocycles. The number of nitrogens with zero attached hydrogens (tertiary/aromatic N) is 1. The lowest BCUT2D eigenvalue weighted by molar-refractivity contribution is 0.104. The second-order valence-corrected chi connectivity index (χ2v) is 4.89. The third kappa shape index (κ3) is 2.91. The average Bonchev–Trinajstić information content (AvgIpc) is 2.69. The molecule has 0 aliphatic carbocycles. The number of hydrogen-bond acceptors (Lipinski definition) is 3. The fraction of sp³-hybridized carbons (Fsp3) is 0.571. The van der Waals surface area contributed by atoms with E-state index in [4.69, 9.17) is 10.5 Å². The van der Waals surface area contributed by atoms with Crippen LogP contribution in [0.3, 0.4) is 0 Å². The van der Waals surface area contributed by atoms with E-state index in [2.05, 4.69) is 30.9 Å². The molecular formula is C14H22N2O. The van der Waals surface area contributed by atoms with E-state index in [0.717, 1.165) is 32.0 Å². The molecule has 2 atom stereocenters. The number of nitrogen functional groups attached to an aromatic ring is 1. The first-order chi connectivity index (χ1) is 8.20. The maximum absolute atomic E-state index is 5.71. The van der Waals surface area contributed by atoms with E-state index in [1.54, 1.807) is 0 Å². The smallest absolute Gasteiger partial charge is 0.0514 e. The highest BCUT2D eigenvalue weighted by atomic mass is 16.5. The first-order valence-electron chi connectivity index (χ1n) is 6.39. The maximum atomic E-state index is 5.71. The number of anilines is 2. The molecule has 0 amide bonds. The van der Waals surface area contributed by atoms with Crippen LogP contribution in [0.1, 0.15) is 13.8 Å². The summed E-state index contributed by atoms with van der Waals surface area (Å²) in [6.45, 7) is 8.25. The fourth-order valence-corrected chi connectivity index (χ4v) is 2.42. The highest BCUT2D eigenvalue weighted by Crippen LogP contribution is 2.28. The van der Waals surface area contributed by atoms with Crippen molar-refractivity contribution in [2.24, 2.45) is 11.8 Å². The highest BCUT2D eigenvalue weighted by Gasteiger charge is 2.29. The van der Waals surface area contributed by atoms with E-state index >= 15 is 0 Å². The number of ether oxygens (including phenoxy) is 1. The zero-order valence-electron chi connectivity index (χ0n) is 10.7. The third-order valence-electron chi connectivity index (χ3n) is 3.56. The van der Waals surface area contributed by atoms with Gasteiger partial charge in [0.25, 0.3) is 0 Å². The van der Waals surface area contributed by atoms with E-state index in [0.29, 0.717) is 11.8 Å². The van der Waals surface area contributed by atoms with Crippen molar-refractivity contribution in [3.8, 4) is 0 Å². The number of hydrogen-bond donors (Lipinski definition) is 1. The quantitative estimate of drug-likeness (QED) is 0.813. The van der Waals surface area contributed by atoms with Crippen molar-refractivity contribution in [2.75, 3.05) is 36.9 Å². The van der Waals surface area contributed by atoms with Crippen LogP contribution in [0.5, 0.6) is 0 Å².